The number of aromatic nitrogens is 2. The van der Waals surface area contributed by atoms with E-state index in [-0.39, 0.29) is 5.91 Å². The van der Waals surface area contributed by atoms with Gasteiger partial charge in [-0.3, -0.25) is 4.79 Å². The van der Waals surface area contributed by atoms with Crippen molar-refractivity contribution in [3.05, 3.63) is 17.2 Å². The van der Waals surface area contributed by atoms with E-state index in [4.69, 9.17) is 17.3 Å². The van der Waals surface area contributed by atoms with Gasteiger partial charge in [-0.05, 0) is 37.2 Å². The summed E-state index contributed by atoms with van der Waals surface area (Å²) in [5, 5.41) is -0.214. The van der Waals surface area contributed by atoms with Gasteiger partial charge < -0.3 is 10.6 Å². The first-order valence-corrected chi connectivity index (χ1v) is 10.3. The van der Waals surface area contributed by atoms with Crippen LogP contribution in [0.4, 0.5) is 11.6 Å². The third kappa shape index (κ3) is 3.47. The number of aliphatic imine (C=N–C) groups is 1. The summed E-state index contributed by atoms with van der Waals surface area (Å²) in [5.41, 5.74) is 6.70. The van der Waals surface area contributed by atoms with Gasteiger partial charge in [0.05, 0.1) is 6.20 Å². The number of nitrogens with zero attached hydrogens (tertiary/aromatic N) is 4. The van der Waals surface area contributed by atoms with Crippen LogP contribution in [0.15, 0.2) is 27.2 Å². The number of amides is 1. The van der Waals surface area contributed by atoms with Crippen molar-refractivity contribution in [2.75, 3.05) is 23.7 Å². The summed E-state index contributed by atoms with van der Waals surface area (Å²) < 4.78 is 0. The minimum atomic E-state index is -0.782. The molecule has 1 atom stereocenters. The molecule has 0 radical (unpaired) electrons. The molecule has 1 saturated heterocycles. The van der Waals surface area contributed by atoms with Crippen LogP contribution in [-0.2, 0) is 4.79 Å². The standard InChI is InChI=1S/C18H22ClN5OS/c19-14-12(3-8-21-16(14)25)26-17-15(20)23-13(11-22-17)24-9-6-18(7-10-24)4-1-2-5-18/h3,8,11,14H,1-2,4-7,9-10H2,(H2,20,23). The number of nitrogens with two attached hydrogens (primary N) is 1. The molecule has 0 bridgehead atoms. The summed E-state index contributed by atoms with van der Waals surface area (Å²) in [6, 6.07) is 0. The predicted octanol–water partition coefficient (Wildman–Crippen LogP) is 3.41. The Bertz CT molecular complexity index is 765. The molecule has 1 aromatic rings. The SMILES string of the molecule is Nc1nc(N2CCC3(CCCC3)CC2)cnc1SC1=CC=NC(=O)C1Cl. The van der Waals surface area contributed by atoms with Crippen LogP contribution in [0.2, 0.25) is 0 Å². The second-order valence-corrected chi connectivity index (χ2v) is 8.76. The Labute approximate surface area is 162 Å². The summed E-state index contributed by atoms with van der Waals surface area (Å²) in [6.45, 7) is 2.03. The largest absolute Gasteiger partial charge is 0.381 e. The van der Waals surface area contributed by atoms with E-state index in [1.807, 2.05) is 0 Å². The molecule has 1 spiro atoms. The summed E-state index contributed by atoms with van der Waals surface area (Å²) in [5.74, 6) is 0.833. The fourth-order valence-electron chi connectivity index (χ4n) is 4.10. The van der Waals surface area contributed by atoms with Crippen molar-refractivity contribution in [2.24, 2.45) is 10.4 Å². The number of hydrogen-bond acceptors (Lipinski definition) is 6. The average molecular weight is 392 g/mol. The number of halogens is 1. The number of allylic oxidation sites excluding steroid dienone is 1. The number of carbonyl (C=O) groups excluding carboxylic acids is 1. The van der Waals surface area contributed by atoms with Crippen LogP contribution in [0.5, 0.6) is 0 Å². The van der Waals surface area contributed by atoms with E-state index >= 15 is 0 Å². The van der Waals surface area contributed by atoms with Crippen molar-refractivity contribution < 1.29 is 4.79 Å². The molecule has 3 heterocycles. The van der Waals surface area contributed by atoms with Gasteiger partial charge in [-0.2, -0.15) is 0 Å². The number of hydrogen-bond donors (Lipinski definition) is 1. The van der Waals surface area contributed by atoms with Gasteiger partial charge in [0.1, 0.15) is 16.2 Å². The number of thioether (sulfide) groups is 1. The first-order chi connectivity index (χ1) is 12.6. The van der Waals surface area contributed by atoms with Gasteiger partial charge in [-0.15, -0.1) is 11.6 Å². The van der Waals surface area contributed by atoms with Gasteiger partial charge in [0, 0.05) is 24.2 Å². The molecule has 2 aliphatic heterocycles. The molecule has 3 aliphatic rings. The minimum absolute atomic E-state index is 0.367. The van der Waals surface area contributed by atoms with E-state index in [2.05, 4.69) is 19.9 Å². The molecule has 1 unspecified atom stereocenters. The van der Waals surface area contributed by atoms with Crippen molar-refractivity contribution in [1.29, 1.82) is 0 Å². The Morgan fingerprint density at radius 2 is 1.96 bits per heavy atom. The maximum atomic E-state index is 11.6. The molecule has 4 rings (SSSR count). The molecule has 26 heavy (non-hydrogen) atoms. The first-order valence-electron chi connectivity index (χ1n) is 9.04. The van der Waals surface area contributed by atoms with Crippen LogP contribution in [0.1, 0.15) is 38.5 Å². The normalized spacial score (nSPS) is 25.0. The zero-order valence-corrected chi connectivity index (χ0v) is 16.1. The Kier molecular flexibility index (Phi) is 4.92. The van der Waals surface area contributed by atoms with Gasteiger partial charge in [-0.25, -0.2) is 15.0 Å². The number of piperidine rings is 1. The highest BCUT2D eigenvalue weighted by Crippen LogP contribution is 2.46. The third-order valence-corrected chi connectivity index (χ3v) is 7.35. The molecule has 2 fully saturated rings. The highest BCUT2D eigenvalue weighted by atomic mass is 35.5. The quantitative estimate of drug-likeness (QED) is 0.794. The molecular weight excluding hydrogens is 370 g/mol. The minimum Gasteiger partial charge on any atom is -0.381 e. The lowest BCUT2D eigenvalue weighted by atomic mass is 9.77. The highest BCUT2D eigenvalue weighted by Gasteiger charge is 2.37. The van der Waals surface area contributed by atoms with E-state index in [1.54, 1.807) is 12.3 Å². The maximum Gasteiger partial charge on any atom is 0.268 e. The zero-order valence-electron chi connectivity index (χ0n) is 14.5. The van der Waals surface area contributed by atoms with Crippen LogP contribution in [0, 0.1) is 5.41 Å². The number of anilines is 2. The number of dihydropyridines is 1. The van der Waals surface area contributed by atoms with Gasteiger partial charge in [0.25, 0.3) is 5.91 Å². The molecule has 138 valence electrons. The molecule has 1 aliphatic carbocycles. The van der Waals surface area contributed by atoms with E-state index < -0.39 is 5.38 Å². The Morgan fingerprint density at radius 1 is 1.23 bits per heavy atom. The van der Waals surface area contributed by atoms with Crippen LogP contribution in [0.25, 0.3) is 0 Å². The molecule has 6 nitrogen and oxygen atoms in total. The third-order valence-electron chi connectivity index (χ3n) is 5.69. The van der Waals surface area contributed by atoms with Gasteiger partial charge in [0.2, 0.25) is 0 Å². The summed E-state index contributed by atoms with van der Waals surface area (Å²) >= 11 is 7.37. The summed E-state index contributed by atoms with van der Waals surface area (Å²) in [6.07, 6.45) is 12.9. The molecule has 1 amide bonds. The highest BCUT2D eigenvalue weighted by molar-refractivity contribution is 8.03. The smallest absolute Gasteiger partial charge is 0.268 e. The van der Waals surface area contributed by atoms with Gasteiger partial charge in [-0.1, -0.05) is 24.6 Å². The van der Waals surface area contributed by atoms with E-state index in [0.29, 0.717) is 21.2 Å². The molecule has 2 N–H and O–H groups in total. The lowest BCUT2D eigenvalue weighted by Crippen LogP contribution is -2.39. The van der Waals surface area contributed by atoms with Crippen molar-refractivity contribution in [2.45, 2.75) is 48.9 Å². The fourth-order valence-corrected chi connectivity index (χ4v) is 5.18. The topological polar surface area (TPSA) is 84.5 Å². The predicted molar refractivity (Wildman–Crippen MR) is 106 cm³/mol. The average Bonchev–Trinajstić information content (AvgIpc) is 3.09. The van der Waals surface area contributed by atoms with Crippen LogP contribution < -0.4 is 10.6 Å². The monoisotopic (exact) mass is 391 g/mol. The van der Waals surface area contributed by atoms with Gasteiger partial charge in [0.15, 0.2) is 5.82 Å². The van der Waals surface area contributed by atoms with Crippen molar-refractivity contribution in [3.63, 3.8) is 0 Å². The molecule has 1 aromatic heterocycles. The first kappa shape index (κ1) is 17.8. The van der Waals surface area contributed by atoms with E-state index in [9.17, 15) is 4.79 Å². The number of alkyl halides is 1. The molecule has 1 saturated carbocycles. The fraction of sp³-hybridized carbons (Fsp3) is 0.556. The lowest BCUT2D eigenvalue weighted by Gasteiger charge is -2.39. The number of rotatable bonds is 3. The van der Waals surface area contributed by atoms with E-state index in [0.717, 1.165) is 18.9 Å². The lowest BCUT2D eigenvalue weighted by molar-refractivity contribution is -0.116. The Hall–Kier alpha value is -1.60. The Balaban J connectivity index is 1.44. The van der Waals surface area contributed by atoms with Crippen LogP contribution in [-0.4, -0.2) is 40.6 Å². The Morgan fingerprint density at radius 3 is 2.65 bits per heavy atom. The molecule has 8 heteroatoms. The van der Waals surface area contributed by atoms with Crippen LogP contribution in [0.3, 0.4) is 0 Å². The molecule has 0 aromatic carbocycles. The molecular formula is C18H22ClN5OS. The van der Waals surface area contributed by atoms with Crippen molar-refractivity contribution in [1.82, 2.24) is 9.97 Å². The second-order valence-electron chi connectivity index (χ2n) is 7.26. The summed E-state index contributed by atoms with van der Waals surface area (Å²) in [4.78, 5) is 27.2. The van der Waals surface area contributed by atoms with E-state index in [1.165, 1.54) is 56.5 Å². The maximum absolute atomic E-state index is 11.6. The second kappa shape index (κ2) is 7.19. The summed E-state index contributed by atoms with van der Waals surface area (Å²) in [7, 11) is 0. The van der Waals surface area contributed by atoms with Crippen LogP contribution >= 0.6 is 23.4 Å². The van der Waals surface area contributed by atoms with Crippen molar-refractivity contribution >= 4 is 47.1 Å². The number of nitrogen functional groups attached to an aromatic ring is 1. The van der Waals surface area contributed by atoms with Gasteiger partial charge >= 0.3 is 0 Å². The zero-order chi connectivity index (χ0) is 18.1. The number of carbonyl (C=O) groups is 1. The van der Waals surface area contributed by atoms with Crippen molar-refractivity contribution in [3.8, 4) is 0 Å².